The van der Waals surface area contributed by atoms with Gasteiger partial charge in [-0.3, -0.25) is 9.52 Å². The van der Waals surface area contributed by atoms with Crippen molar-refractivity contribution in [3.05, 3.63) is 36.3 Å². The zero-order chi connectivity index (χ0) is 26.8. The molecule has 0 saturated heterocycles. The molecule has 2 aromatic rings. The van der Waals surface area contributed by atoms with E-state index >= 15 is 0 Å². The lowest BCUT2D eigenvalue weighted by molar-refractivity contribution is -0.134. The summed E-state index contributed by atoms with van der Waals surface area (Å²) in [7, 11) is -4.33. The van der Waals surface area contributed by atoms with Crippen molar-refractivity contribution in [2.24, 2.45) is 13.0 Å². The van der Waals surface area contributed by atoms with E-state index in [0.717, 1.165) is 10.6 Å². The van der Waals surface area contributed by atoms with Crippen LogP contribution in [0.15, 0.2) is 35.7 Å². The molecule has 36 heavy (non-hydrogen) atoms. The predicted octanol–water partition coefficient (Wildman–Crippen LogP) is 0.261. The molecule has 2 N–H and O–H groups in total. The fourth-order valence-corrected chi connectivity index (χ4v) is 5.66. The van der Waals surface area contributed by atoms with E-state index < -0.39 is 32.2 Å². The van der Waals surface area contributed by atoms with Gasteiger partial charge < -0.3 is 19.3 Å². The first-order valence-electron chi connectivity index (χ1n) is 11.3. The third kappa shape index (κ3) is 6.55. The summed E-state index contributed by atoms with van der Waals surface area (Å²) in [6, 6.07) is 4.13. The molecule has 200 valence electrons. The van der Waals surface area contributed by atoms with Crippen LogP contribution in [0.1, 0.15) is 19.4 Å². The van der Waals surface area contributed by atoms with Crippen LogP contribution in [0.4, 0.5) is 5.69 Å². The molecule has 1 amide bonds. The fraction of sp³-hybridized carbons (Fsp3) is 0.545. The first kappa shape index (κ1) is 27.9. The molecular weight excluding hydrogens is 510 g/mol. The summed E-state index contributed by atoms with van der Waals surface area (Å²) in [6.45, 7) is 3.52. The second-order valence-corrected chi connectivity index (χ2v) is 13.0. The molecule has 0 saturated carbocycles. The topological polar surface area (TPSA) is 151 Å². The van der Waals surface area contributed by atoms with Gasteiger partial charge in [-0.2, -0.15) is 4.31 Å². The Kier molecular flexibility index (Phi) is 8.33. The Morgan fingerprint density at radius 2 is 2.00 bits per heavy atom. The van der Waals surface area contributed by atoms with Crippen molar-refractivity contribution in [1.29, 1.82) is 0 Å². The number of carbonyl (C=O) groups is 1. The largest absolute Gasteiger partial charge is 0.488 e. The van der Waals surface area contributed by atoms with Crippen LogP contribution in [0.5, 0.6) is 5.75 Å². The number of aryl methyl sites for hydroxylation is 1. The van der Waals surface area contributed by atoms with Crippen LogP contribution in [-0.4, -0.2) is 91.8 Å². The number of anilines is 1. The van der Waals surface area contributed by atoms with Gasteiger partial charge in [0.15, 0.2) is 5.03 Å². The van der Waals surface area contributed by atoms with Gasteiger partial charge in [0.2, 0.25) is 15.9 Å². The summed E-state index contributed by atoms with van der Waals surface area (Å²) in [6.07, 6.45) is 3.09. The van der Waals surface area contributed by atoms with Gasteiger partial charge in [0.05, 0.1) is 38.2 Å². The van der Waals surface area contributed by atoms with Crippen LogP contribution in [0.2, 0.25) is 0 Å². The standard InChI is InChI=1S/C22H33N5O7S2/c1-15-10-27(16(2)13-28)22(29)9-17-8-18(24-35(5,30)31)6-7-19(17)34-20(15)11-26(4)36(32,33)21-12-25(3)14-23-21/h6-8,12,14-16,20,24,28H,9-11,13H2,1-5H3/t15-,16-,20-/m0/s1. The third-order valence-electron chi connectivity index (χ3n) is 6.01. The number of hydrogen-bond donors (Lipinski definition) is 2. The van der Waals surface area contributed by atoms with Crippen LogP contribution >= 0.6 is 0 Å². The van der Waals surface area contributed by atoms with Crippen molar-refractivity contribution in [3.63, 3.8) is 0 Å². The van der Waals surface area contributed by atoms with Gasteiger partial charge >= 0.3 is 0 Å². The molecule has 14 heteroatoms. The number of likely N-dealkylation sites (N-methyl/N-ethyl adjacent to an activating group) is 1. The minimum atomic E-state index is -3.90. The van der Waals surface area contributed by atoms with Crippen molar-refractivity contribution < 1.29 is 31.5 Å². The lowest BCUT2D eigenvalue weighted by Gasteiger charge is -2.33. The van der Waals surface area contributed by atoms with E-state index in [4.69, 9.17) is 4.74 Å². The Balaban J connectivity index is 1.99. The number of ether oxygens (including phenoxy) is 1. The molecule has 1 aromatic heterocycles. The molecule has 2 heterocycles. The molecule has 1 aromatic carbocycles. The highest BCUT2D eigenvalue weighted by molar-refractivity contribution is 7.92. The molecule has 1 aliphatic rings. The summed E-state index contributed by atoms with van der Waals surface area (Å²) >= 11 is 0. The molecule has 0 spiro atoms. The SMILES string of the molecule is C[C@H]1CN([C@@H](C)CO)C(=O)Cc2cc(NS(C)(=O)=O)ccc2O[C@H]1CN(C)S(=O)(=O)c1cn(C)cn1. The number of carbonyl (C=O) groups excluding carboxylic acids is 1. The smallest absolute Gasteiger partial charge is 0.261 e. The van der Waals surface area contributed by atoms with E-state index in [1.165, 1.54) is 36.3 Å². The van der Waals surface area contributed by atoms with Gasteiger partial charge in [-0.15, -0.1) is 0 Å². The van der Waals surface area contributed by atoms with E-state index in [1.54, 1.807) is 24.9 Å². The Labute approximate surface area is 212 Å². The monoisotopic (exact) mass is 543 g/mol. The maximum atomic E-state index is 13.2. The Morgan fingerprint density at radius 1 is 1.31 bits per heavy atom. The van der Waals surface area contributed by atoms with Gasteiger partial charge in [-0.05, 0) is 25.1 Å². The van der Waals surface area contributed by atoms with Crippen molar-refractivity contribution in [3.8, 4) is 5.75 Å². The zero-order valence-corrected chi connectivity index (χ0v) is 22.6. The number of aliphatic hydroxyl groups excluding tert-OH is 1. The van der Waals surface area contributed by atoms with E-state index in [0.29, 0.717) is 11.3 Å². The average Bonchev–Trinajstić information content (AvgIpc) is 3.24. The van der Waals surface area contributed by atoms with E-state index in [1.807, 2.05) is 6.92 Å². The molecule has 12 nitrogen and oxygen atoms in total. The number of aromatic nitrogens is 2. The minimum absolute atomic E-state index is 0.0294. The van der Waals surface area contributed by atoms with Gasteiger partial charge in [0.25, 0.3) is 10.0 Å². The van der Waals surface area contributed by atoms with Crippen molar-refractivity contribution >= 4 is 31.6 Å². The summed E-state index contributed by atoms with van der Waals surface area (Å²) in [5, 5.41) is 9.65. The van der Waals surface area contributed by atoms with Gasteiger partial charge in [0.1, 0.15) is 11.9 Å². The molecule has 1 aliphatic heterocycles. The van der Waals surface area contributed by atoms with E-state index in [2.05, 4.69) is 9.71 Å². The van der Waals surface area contributed by atoms with Crippen molar-refractivity contribution in [2.45, 2.75) is 37.4 Å². The van der Waals surface area contributed by atoms with Gasteiger partial charge in [-0.25, -0.2) is 21.8 Å². The summed E-state index contributed by atoms with van der Waals surface area (Å²) in [4.78, 5) is 18.7. The Bertz CT molecular complexity index is 1310. The number of sulfonamides is 2. The number of aliphatic hydroxyl groups is 1. The summed E-state index contributed by atoms with van der Waals surface area (Å²) < 4.78 is 60.9. The number of nitrogens with one attached hydrogen (secondary N) is 1. The van der Waals surface area contributed by atoms with Crippen LogP contribution in [0.3, 0.4) is 0 Å². The highest BCUT2D eigenvalue weighted by Gasteiger charge is 2.34. The maximum Gasteiger partial charge on any atom is 0.261 e. The number of hydrogen-bond acceptors (Lipinski definition) is 8. The highest BCUT2D eigenvalue weighted by atomic mass is 32.2. The number of imidazole rings is 1. The molecule has 0 fully saturated rings. The normalized spacial score (nSPS) is 20.2. The van der Waals surface area contributed by atoms with Crippen LogP contribution in [0.25, 0.3) is 0 Å². The predicted molar refractivity (Wildman–Crippen MR) is 133 cm³/mol. The molecule has 0 radical (unpaired) electrons. The molecule has 0 bridgehead atoms. The zero-order valence-electron chi connectivity index (χ0n) is 20.9. The lowest BCUT2D eigenvalue weighted by atomic mass is 10.0. The van der Waals surface area contributed by atoms with Crippen molar-refractivity contribution in [1.82, 2.24) is 18.8 Å². The van der Waals surface area contributed by atoms with E-state index in [9.17, 15) is 26.7 Å². The number of amides is 1. The quantitative estimate of drug-likeness (QED) is 0.481. The lowest BCUT2D eigenvalue weighted by Crippen LogP contribution is -2.48. The van der Waals surface area contributed by atoms with Crippen LogP contribution in [0, 0.1) is 5.92 Å². The third-order valence-corrected chi connectivity index (χ3v) is 8.33. The maximum absolute atomic E-state index is 13.2. The molecule has 3 rings (SSSR count). The number of nitrogens with zero attached hydrogens (tertiary/aromatic N) is 4. The first-order chi connectivity index (χ1) is 16.7. The first-order valence-corrected chi connectivity index (χ1v) is 14.7. The van der Waals surface area contributed by atoms with Crippen LogP contribution < -0.4 is 9.46 Å². The molecule has 0 aliphatic carbocycles. The van der Waals surface area contributed by atoms with Gasteiger partial charge in [-0.1, -0.05) is 6.92 Å². The number of rotatable bonds is 8. The molecular formula is C22H33N5O7S2. The van der Waals surface area contributed by atoms with Crippen molar-refractivity contribution in [2.75, 3.05) is 37.7 Å². The second kappa shape index (κ2) is 10.7. The molecule has 3 atom stereocenters. The Hall–Kier alpha value is -2.68. The van der Waals surface area contributed by atoms with E-state index in [-0.39, 0.29) is 48.7 Å². The number of benzene rings is 1. The average molecular weight is 544 g/mol. The Morgan fingerprint density at radius 3 is 2.58 bits per heavy atom. The summed E-state index contributed by atoms with van der Waals surface area (Å²) in [5.41, 5.74) is 0.714. The summed E-state index contributed by atoms with van der Waals surface area (Å²) in [5.74, 6) is -0.231. The molecule has 0 unspecified atom stereocenters. The number of fused-ring (bicyclic) bond motifs is 1. The van der Waals surface area contributed by atoms with Gasteiger partial charge in [0, 0.05) is 44.0 Å². The minimum Gasteiger partial charge on any atom is -0.488 e. The fourth-order valence-electron chi connectivity index (χ4n) is 3.96. The second-order valence-electron chi connectivity index (χ2n) is 9.25. The highest BCUT2D eigenvalue weighted by Crippen LogP contribution is 2.30. The van der Waals surface area contributed by atoms with Crippen LogP contribution in [-0.2, 0) is 38.3 Å².